The molecule has 1 heterocycles. The smallest absolute Gasteiger partial charge is 0.161 e. The molecule has 1 aliphatic heterocycles. The molecule has 4 aromatic carbocycles. The van der Waals surface area contributed by atoms with Crippen molar-refractivity contribution in [3.05, 3.63) is 138 Å². The lowest BCUT2D eigenvalue weighted by Crippen LogP contribution is -2.49. The summed E-state index contributed by atoms with van der Waals surface area (Å²) in [7, 11) is -4.11. The minimum Gasteiger partial charge on any atom is -0.488 e. The zero-order chi connectivity index (χ0) is 32.7. The van der Waals surface area contributed by atoms with E-state index in [1.165, 1.54) is 0 Å². The number of aliphatic hydroxyl groups excluding tert-OH is 2. The first-order valence-corrected chi connectivity index (χ1v) is 17.3. The van der Waals surface area contributed by atoms with Gasteiger partial charge >= 0.3 is 0 Å². The van der Waals surface area contributed by atoms with Crippen LogP contribution in [0.4, 0.5) is 0 Å². The van der Waals surface area contributed by atoms with Crippen LogP contribution >= 0.6 is 0 Å². The highest BCUT2D eigenvalue weighted by Crippen LogP contribution is 2.35. The molecule has 2 N–H and O–H groups in total. The van der Waals surface area contributed by atoms with Crippen molar-refractivity contribution in [2.45, 2.75) is 87.3 Å². The van der Waals surface area contributed by atoms with Gasteiger partial charge < -0.3 is 24.4 Å². The van der Waals surface area contributed by atoms with Crippen LogP contribution in [0.15, 0.2) is 115 Å². The molecule has 46 heavy (non-hydrogen) atoms. The molecule has 4 aromatic rings. The zero-order valence-corrected chi connectivity index (χ0v) is 27.4. The Labute approximate surface area is 272 Å². The van der Waals surface area contributed by atoms with Crippen LogP contribution in [0.5, 0.6) is 5.75 Å². The van der Waals surface area contributed by atoms with Crippen molar-refractivity contribution < 1.29 is 32.8 Å². The monoisotopic (exact) mass is 644 g/mol. The molecule has 0 aliphatic carbocycles. The standard InChI is InChI=1S/C38H44O7S/c1-38(2,3)45-31-21-19-28(20-22-31)24-33-37(44-26-30-17-11-6-12-18-30)35(40)34(39)36(43-25-29-15-9-5-10-16-29)32(46(33,41)42)23-27-13-7-4-8-14-27/h4-22,32-37,39-40H,23-26H2,1-3H3/t32-,33-,34-,35-,36+,37+/m1/s1. The fourth-order valence-electron chi connectivity index (χ4n) is 5.96. The summed E-state index contributed by atoms with van der Waals surface area (Å²) in [4.78, 5) is 0. The molecule has 0 bridgehead atoms. The van der Waals surface area contributed by atoms with E-state index in [4.69, 9.17) is 14.2 Å². The van der Waals surface area contributed by atoms with Crippen molar-refractivity contribution in [1.29, 1.82) is 0 Å². The molecule has 1 fully saturated rings. The topological polar surface area (TPSA) is 102 Å². The van der Waals surface area contributed by atoms with Gasteiger partial charge in [-0.1, -0.05) is 103 Å². The highest BCUT2D eigenvalue weighted by Gasteiger charge is 2.54. The number of sulfone groups is 1. The van der Waals surface area contributed by atoms with Gasteiger partial charge in [0.2, 0.25) is 0 Å². The summed E-state index contributed by atoms with van der Waals surface area (Å²) in [6, 6.07) is 35.4. The van der Waals surface area contributed by atoms with Gasteiger partial charge in [-0.2, -0.15) is 0 Å². The molecule has 7 nitrogen and oxygen atoms in total. The van der Waals surface area contributed by atoms with Crippen LogP contribution in [-0.4, -0.2) is 59.1 Å². The van der Waals surface area contributed by atoms with Crippen LogP contribution in [0.25, 0.3) is 0 Å². The third-order valence-electron chi connectivity index (χ3n) is 8.23. The first-order chi connectivity index (χ1) is 22.0. The second-order valence-corrected chi connectivity index (χ2v) is 15.3. The molecule has 1 aliphatic rings. The predicted molar refractivity (Wildman–Crippen MR) is 179 cm³/mol. The Morgan fingerprint density at radius 3 is 1.33 bits per heavy atom. The molecule has 0 spiro atoms. The van der Waals surface area contributed by atoms with E-state index in [0.717, 1.165) is 22.3 Å². The first kappa shape index (κ1) is 33.8. The minimum absolute atomic E-state index is 0.0675. The highest BCUT2D eigenvalue weighted by molar-refractivity contribution is 7.92. The third kappa shape index (κ3) is 8.63. The third-order valence-corrected chi connectivity index (χ3v) is 10.8. The molecule has 1 saturated heterocycles. The van der Waals surface area contributed by atoms with Crippen molar-refractivity contribution in [1.82, 2.24) is 0 Å². The lowest BCUT2D eigenvalue weighted by Gasteiger charge is -2.31. The number of benzene rings is 4. The van der Waals surface area contributed by atoms with E-state index in [1.807, 2.05) is 136 Å². The van der Waals surface area contributed by atoms with Crippen LogP contribution in [0.3, 0.4) is 0 Å². The second-order valence-electron chi connectivity index (χ2n) is 12.9. The molecular formula is C38H44O7S. The maximum Gasteiger partial charge on any atom is 0.161 e. The lowest BCUT2D eigenvalue weighted by atomic mass is 9.94. The Hall–Kier alpha value is -3.53. The van der Waals surface area contributed by atoms with Crippen LogP contribution in [0.2, 0.25) is 0 Å². The summed E-state index contributed by atoms with van der Waals surface area (Å²) in [6.07, 6.45) is -5.33. The molecule has 0 unspecified atom stereocenters. The van der Waals surface area contributed by atoms with Crippen molar-refractivity contribution in [2.75, 3.05) is 0 Å². The van der Waals surface area contributed by atoms with Gasteiger partial charge in [-0.05, 0) is 68.0 Å². The second kappa shape index (κ2) is 14.9. The quantitative estimate of drug-likeness (QED) is 0.216. The van der Waals surface area contributed by atoms with E-state index in [-0.39, 0.29) is 31.7 Å². The zero-order valence-electron chi connectivity index (χ0n) is 26.6. The van der Waals surface area contributed by atoms with Crippen molar-refractivity contribution in [2.24, 2.45) is 0 Å². The summed E-state index contributed by atoms with van der Waals surface area (Å²) in [5, 5.41) is 21.2. The van der Waals surface area contributed by atoms with Crippen molar-refractivity contribution in [3.63, 3.8) is 0 Å². The van der Waals surface area contributed by atoms with E-state index < -0.39 is 44.8 Å². The average molecular weight is 645 g/mol. The fraction of sp³-hybridized carbons (Fsp3) is 0.368. The summed E-state index contributed by atoms with van der Waals surface area (Å²) < 4.78 is 48.4. The van der Waals surface area contributed by atoms with Crippen LogP contribution in [0, 0.1) is 0 Å². The van der Waals surface area contributed by atoms with Gasteiger partial charge in [0.25, 0.3) is 0 Å². The molecular weight excluding hydrogens is 600 g/mol. The summed E-state index contributed by atoms with van der Waals surface area (Å²) >= 11 is 0. The Kier molecular flexibility index (Phi) is 11.0. The normalized spacial score (nSPS) is 24.6. The van der Waals surface area contributed by atoms with Gasteiger partial charge in [-0.3, -0.25) is 0 Å². The lowest BCUT2D eigenvalue weighted by molar-refractivity contribution is -0.139. The van der Waals surface area contributed by atoms with E-state index >= 15 is 0 Å². The van der Waals surface area contributed by atoms with Gasteiger partial charge in [0.05, 0.1) is 23.7 Å². The maximum absolute atomic E-state index is 14.9. The van der Waals surface area contributed by atoms with Crippen molar-refractivity contribution in [3.8, 4) is 5.75 Å². The number of rotatable bonds is 11. The highest BCUT2D eigenvalue weighted by atomic mass is 32.2. The van der Waals surface area contributed by atoms with E-state index in [1.54, 1.807) is 0 Å². The SMILES string of the molecule is CC(C)(C)Oc1ccc(C[C@@H]2[C@H](OCc3ccccc3)[C@H](O)[C@@H](O)[C@@H](OCc3ccccc3)[C@@H](Cc3ccccc3)S2(=O)=O)cc1. The number of hydrogen-bond donors (Lipinski definition) is 2. The number of aliphatic hydroxyl groups is 2. The maximum atomic E-state index is 14.9. The molecule has 6 atom stereocenters. The molecule has 0 amide bonds. The molecule has 244 valence electrons. The molecule has 0 aromatic heterocycles. The Morgan fingerprint density at radius 2 is 0.935 bits per heavy atom. The van der Waals surface area contributed by atoms with Gasteiger partial charge in [-0.15, -0.1) is 0 Å². The summed E-state index contributed by atoms with van der Waals surface area (Å²) in [5.74, 6) is 0.670. The first-order valence-electron chi connectivity index (χ1n) is 15.7. The van der Waals surface area contributed by atoms with Gasteiger partial charge in [-0.25, -0.2) is 8.42 Å². The van der Waals surface area contributed by atoms with Gasteiger partial charge in [0.15, 0.2) is 9.84 Å². The van der Waals surface area contributed by atoms with Crippen LogP contribution in [0.1, 0.15) is 43.0 Å². The summed E-state index contributed by atoms with van der Waals surface area (Å²) in [6.45, 7) is 6.03. The Morgan fingerprint density at radius 1 is 0.565 bits per heavy atom. The molecule has 8 heteroatoms. The fourth-order valence-corrected chi connectivity index (χ4v) is 8.49. The number of ether oxygens (including phenoxy) is 3. The Balaban J connectivity index is 1.54. The number of hydrogen-bond acceptors (Lipinski definition) is 7. The van der Waals surface area contributed by atoms with Gasteiger partial charge in [0.1, 0.15) is 35.8 Å². The van der Waals surface area contributed by atoms with E-state index in [9.17, 15) is 18.6 Å². The van der Waals surface area contributed by atoms with Crippen LogP contribution in [-0.2, 0) is 45.4 Å². The van der Waals surface area contributed by atoms with Crippen molar-refractivity contribution >= 4 is 9.84 Å². The van der Waals surface area contributed by atoms with Crippen LogP contribution < -0.4 is 4.74 Å². The largest absolute Gasteiger partial charge is 0.488 e. The molecule has 0 saturated carbocycles. The van der Waals surface area contributed by atoms with E-state index in [2.05, 4.69) is 0 Å². The molecule has 0 radical (unpaired) electrons. The van der Waals surface area contributed by atoms with Gasteiger partial charge in [0, 0.05) is 0 Å². The predicted octanol–water partition coefficient (Wildman–Crippen LogP) is 5.71. The summed E-state index contributed by atoms with van der Waals surface area (Å²) in [5.41, 5.74) is 2.80. The van der Waals surface area contributed by atoms with E-state index in [0.29, 0.717) is 5.75 Å². The minimum atomic E-state index is -4.11. The Bertz CT molecular complexity index is 1600. The molecule has 5 rings (SSSR count). The average Bonchev–Trinajstić information content (AvgIpc) is 3.09.